The van der Waals surface area contributed by atoms with Crippen LogP contribution < -0.4 is 14.8 Å². The van der Waals surface area contributed by atoms with Gasteiger partial charge in [0.25, 0.3) is 0 Å². The highest BCUT2D eigenvalue weighted by molar-refractivity contribution is 6.32. The zero-order valence-electron chi connectivity index (χ0n) is 12.5. The quantitative estimate of drug-likeness (QED) is 0.848. The van der Waals surface area contributed by atoms with E-state index in [1.54, 1.807) is 0 Å². The van der Waals surface area contributed by atoms with Gasteiger partial charge in [0.05, 0.1) is 5.02 Å². The first-order chi connectivity index (χ1) is 10.2. The fraction of sp³-hybridized carbons (Fsp3) is 0.625. The Labute approximate surface area is 131 Å². The number of fused-ring (bicyclic) bond motifs is 1. The second-order valence-electron chi connectivity index (χ2n) is 6.02. The van der Waals surface area contributed by atoms with Crippen LogP contribution in [0.4, 0.5) is 0 Å². The minimum absolute atomic E-state index is 0.266. The molecule has 0 bridgehead atoms. The SMILES string of the molecule is CN1CCC(CCNCc2cc(Cl)c3c(c2)OCO3)CC1. The largest absolute Gasteiger partial charge is 0.454 e. The predicted molar refractivity (Wildman–Crippen MR) is 84.1 cm³/mol. The Balaban J connectivity index is 1.42. The summed E-state index contributed by atoms with van der Waals surface area (Å²) in [4.78, 5) is 2.42. The van der Waals surface area contributed by atoms with E-state index in [-0.39, 0.29) is 6.79 Å². The lowest BCUT2D eigenvalue weighted by Gasteiger charge is -2.28. The number of hydrogen-bond acceptors (Lipinski definition) is 4. The molecule has 0 radical (unpaired) electrons. The van der Waals surface area contributed by atoms with Crippen LogP contribution in [-0.2, 0) is 6.54 Å². The Morgan fingerprint density at radius 3 is 2.90 bits per heavy atom. The molecule has 1 N–H and O–H groups in total. The first kappa shape index (κ1) is 14.9. The summed E-state index contributed by atoms with van der Waals surface area (Å²) in [5, 5.41) is 4.15. The molecule has 1 aromatic carbocycles. The highest BCUT2D eigenvalue weighted by atomic mass is 35.5. The van der Waals surface area contributed by atoms with Crippen LogP contribution in [0.3, 0.4) is 0 Å². The molecule has 0 amide bonds. The summed E-state index contributed by atoms with van der Waals surface area (Å²) >= 11 is 6.19. The van der Waals surface area contributed by atoms with Gasteiger partial charge in [-0.3, -0.25) is 0 Å². The monoisotopic (exact) mass is 310 g/mol. The van der Waals surface area contributed by atoms with Crippen LogP contribution in [0.2, 0.25) is 5.02 Å². The zero-order chi connectivity index (χ0) is 14.7. The standard InChI is InChI=1S/C16H23ClN2O2/c1-19-6-3-12(4-7-19)2-5-18-10-13-8-14(17)16-15(9-13)20-11-21-16/h8-9,12,18H,2-7,10-11H2,1H3. The summed E-state index contributed by atoms with van der Waals surface area (Å²) in [6.07, 6.45) is 3.91. The van der Waals surface area contributed by atoms with Crippen molar-refractivity contribution in [2.75, 3.05) is 33.5 Å². The van der Waals surface area contributed by atoms with E-state index in [1.807, 2.05) is 12.1 Å². The van der Waals surface area contributed by atoms with Gasteiger partial charge < -0.3 is 19.7 Å². The van der Waals surface area contributed by atoms with Gasteiger partial charge in [-0.25, -0.2) is 0 Å². The summed E-state index contributed by atoms with van der Waals surface area (Å²) in [6.45, 7) is 4.62. The average molecular weight is 311 g/mol. The van der Waals surface area contributed by atoms with Crippen LogP contribution in [0, 0.1) is 5.92 Å². The molecule has 0 saturated carbocycles. The molecule has 0 aliphatic carbocycles. The molecule has 116 valence electrons. The topological polar surface area (TPSA) is 33.7 Å². The number of benzene rings is 1. The van der Waals surface area contributed by atoms with Crippen LogP contribution >= 0.6 is 11.6 Å². The van der Waals surface area contributed by atoms with E-state index in [0.717, 1.165) is 30.3 Å². The second kappa shape index (κ2) is 6.86. The molecule has 2 aliphatic heterocycles. The summed E-state index contributed by atoms with van der Waals surface area (Å²) in [7, 11) is 2.21. The lowest BCUT2D eigenvalue weighted by molar-refractivity contribution is 0.174. The third kappa shape index (κ3) is 3.82. The molecule has 1 fully saturated rings. The molecule has 21 heavy (non-hydrogen) atoms. The van der Waals surface area contributed by atoms with E-state index in [1.165, 1.54) is 32.4 Å². The Morgan fingerprint density at radius 2 is 2.10 bits per heavy atom. The predicted octanol–water partition coefficient (Wildman–Crippen LogP) is 2.89. The number of ether oxygens (including phenoxy) is 2. The van der Waals surface area contributed by atoms with Crippen LogP contribution in [0.5, 0.6) is 11.5 Å². The number of piperidine rings is 1. The number of halogens is 1. The van der Waals surface area contributed by atoms with Crippen molar-refractivity contribution in [1.29, 1.82) is 0 Å². The van der Waals surface area contributed by atoms with Gasteiger partial charge in [-0.15, -0.1) is 0 Å². The fourth-order valence-corrected chi connectivity index (χ4v) is 3.30. The van der Waals surface area contributed by atoms with Gasteiger partial charge in [0.15, 0.2) is 11.5 Å². The summed E-state index contributed by atoms with van der Waals surface area (Å²) in [5.74, 6) is 2.30. The Kier molecular flexibility index (Phi) is 4.88. The van der Waals surface area contributed by atoms with Gasteiger partial charge in [0.1, 0.15) is 0 Å². The van der Waals surface area contributed by atoms with Crippen molar-refractivity contribution >= 4 is 11.6 Å². The number of likely N-dealkylation sites (tertiary alicyclic amines) is 1. The molecule has 4 nitrogen and oxygen atoms in total. The van der Waals surface area contributed by atoms with Crippen molar-refractivity contribution in [1.82, 2.24) is 10.2 Å². The molecule has 0 aromatic heterocycles. The number of nitrogens with one attached hydrogen (secondary N) is 1. The van der Waals surface area contributed by atoms with Crippen LogP contribution in [0.15, 0.2) is 12.1 Å². The fourth-order valence-electron chi connectivity index (χ4n) is 3.01. The minimum Gasteiger partial charge on any atom is -0.454 e. The maximum Gasteiger partial charge on any atom is 0.231 e. The number of hydrogen-bond donors (Lipinski definition) is 1. The molecular formula is C16H23ClN2O2. The Bertz CT molecular complexity index is 487. The Morgan fingerprint density at radius 1 is 1.29 bits per heavy atom. The van der Waals surface area contributed by atoms with Crippen molar-refractivity contribution in [3.8, 4) is 11.5 Å². The van der Waals surface area contributed by atoms with Crippen LogP contribution in [0.25, 0.3) is 0 Å². The maximum absolute atomic E-state index is 6.19. The Hall–Kier alpha value is -0.970. The lowest BCUT2D eigenvalue weighted by Crippen LogP contribution is -2.31. The lowest BCUT2D eigenvalue weighted by atomic mass is 9.94. The van der Waals surface area contributed by atoms with Gasteiger partial charge in [-0.05, 0) is 69.6 Å². The molecule has 0 atom stereocenters. The highest BCUT2D eigenvalue weighted by Crippen LogP contribution is 2.39. The molecule has 2 heterocycles. The van der Waals surface area contributed by atoms with E-state index in [2.05, 4.69) is 17.3 Å². The molecule has 1 aromatic rings. The van der Waals surface area contributed by atoms with Gasteiger partial charge in [0, 0.05) is 6.54 Å². The molecular weight excluding hydrogens is 288 g/mol. The molecule has 3 rings (SSSR count). The van der Waals surface area contributed by atoms with Crippen LogP contribution in [0.1, 0.15) is 24.8 Å². The van der Waals surface area contributed by atoms with Gasteiger partial charge in [-0.1, -0.05) is 11.6 Å². The van der Waals surface area contributed by atoms with E-state index < -0.39 is 0 Å². The van der Waals surface area contributed by atoms with E-state index in [9.17, 15) is 0 Å². The van der Waals surface area contributed by atoms with Crippen molar-refractivity contribution < 1.29 is 9.47 Å². The second-order valence-corrected chi connectivity index (χ2v) is 6.43. The van der Waals surface area contributed by atoms with Gasteiger partial charge in [-0.2, -0.15) is 0 Å². The van der Waals surface area contributed by atoms with Crippen molar-refractivity contribution in [2.45, 2.75) is 25.8 Å². The van der Waals surface area contributed by atoms with Crippen molar-refractivity contribution in [3.63, 3.8) is 0 Å². The van der Waals surface area contributed by atoms with Gasteiger partial charge in [0.2, 0.25) is 6.79 Å². The normalized spacial score (nSPS) is 19.1. The molecule has 0 unspecified atom stereocenters. The third-order valence-electron chi connectivity index (χ3n) is 4.38. The summed E-state index contributed by atoms with van der Waals surface area (Å²) in [5.41, 5.74) is 1.15. The average Bonchev–Trinajstić information content (AvgIpc) is 2.94. The number of rotatable bonds is 5. The number of nitrogens with zero attached hydrogens (tertiary/aromatic N) is 1. The zero-order valence-corrected chi connectivity index (χ0v) is 13.3. The first-order valence-electron chi connectivity index (χ1n) is 7.69. The van der Waals surface area contributed by atoms with E-state index in [0.29, 0.717) is 10.8 Å². The highest BCUT2D eigenvalue weighted by Gasteiger charge is 2.18. The van der Waals surface area contributed by atoms with Crippen molar-refractivity contribution in [3.05, 3.63) is 22.7 Å². The molecule has 1 saturated heterocycles. The molecule has 2 aliphatic rings. The molecule has 5 heteroatoms. The molecule has 0 spiro atoms. The van der Waals surface area contributed by atoms with E-state index >= 15 is 0 Å². The van der Waals surface area contributed by atoms with Gasteiger partial charge >= 0.3 is 0 Å². The first-order valence-corrected chi connectivity index (χ1v) is 8.07. The summed E-state index contributed by atoms with van der Waals surface area (Å²) in [6, 6.07) is 3.97. The summed E-state index contributed by atoms with van der Waals surface area (Å²) < 4.78 is 10.7. The van der Waals surface area contributed by atoms with Crippen LogP contribution in [-0.4, -0.2) is 38.4 Å². The van der Waals surface area contributed by atoms with Crippen molar-refractivity contribution in [2.24, 2.45) is 5.92 Å². The minimum atomic E-state index is 0.266. The maximum atomic E-state index is 6.19. The van der Waals surface area contributed by atoms with E-state index in [4.69, 9.17) is 21.1 Å². The third-order valence-corrected chi connectivity index (χ3v) is 4.66. The smallest absolute Gasteiger partial charge is 0.231 e.